The lowest BCUT2D eigenvalue weighted by atomic mass is 10.1. The molecule has 0 unspecified atom stereocenters. The van der Waals surface area contributed by atoms with Crippen molar-refractivity contribution in [1.82, 2.24) is 10.3 Å². The van der Waals surface area contributed by atoms with Crippen LogP contribution >= 0.6 is 15.9 Å². The zero-order chi connectivity index (χ0) is 16.9. The van der Waals surface area contributed by atoms with E-state index in [2.05, 4.69) is 26.2 Å². The standard InChI is InChI=1S/C18H15BrN2O3/c19-15-8-14(9-20-10-15)18(23)21-11-16(22)12-3-5-13(6-4-12)17-2-1-7-24-17/h1-10,16,22H,11H2,(H,21,23)/t16-/m0/s1. The zero-order valence-corrected chi connectivity index (χ0v) is 14.2. The Balaban J connectivity index is 1.60. The molecular weight excluding hydrogens is 372 g/mol. The van der Waals surface area contributed by atoms with Crippen molar-refractivity contribution in [2.45, 2.75) is 6.10 Å². The van der Waals surface area contributed by atoms with Crippen LogP contribution < -0.4 is 5.32 Å². The van der Waals surface area contributed by atoms with Crippen molar-refractivity contribution in [3.05, 3.63) is 76.7 Å². The number of pyridine rings is 1. The number of rotatable bonds is 5. The van der Waals surface area contributed by atoms with Gasteiger partial charge in [0.25, 0.3) is 5.91 Å². The first kappa shape index (κ1) is 16.4. The molecule has 1 atom stereocenters. The smallest absolute Gasteiger partial charge is 0.252 e. The molecular formula is C18H15BrN2O3. The minimum atomic E-state index is -0.792. The van der Waals surface area contributed by atoms with Crippen molar-refractivity contribution in [1.29, 1.82) is 0 Å². The fourth-order valence-electron chi connectivity index (χ4n) is 2.26. The van der Waals surface area contributed by atoms with E-state index < -0.39 is 6.10 Å². The summed E-state index contributed by atoms with van der Waals surface area (Å²) in [5.41, 5.74) is 2.09. The first-order valence-electron chi connectivity index (χ1n) is 7.34. The maximum atomic E-state index is 12.0. The van der Waals surface area contributed by atoms with Gasteiger partial charge in [0.1, 0.15) is 5.76 Å². The molecule has 0 spiro atoms. The van der Waals surface area contributed by atoms with Gasteiger partial charge in [-0.1, -0.05) is 24.3 Å². The number of nitrogens with zero attached hydrogens (tertiary/aromatic N) is 1. The van der Waals surface area contributed by atoms with Crippen LogP contribution in [-0.2, 0) is 0 Å². The molecule has 0 aliphatic heterocycles. The summed E-state index contributed by atoms with van der Waals surface area (Å²) in [6.45, 7) is 0.117. The van der Waals surface area contributed by atoms with Crippen molar-refractivity contribution in [2.75, 3.05) is 6.54 Å². The Morgan fingerprint density at radius 3 is 2.71 bits per heavy atom. The largest absolute Gasteiger partial charge is 0.464 e. The summed E-state index contributed by atoms with van der Waals surface area (Å²) in [5.74, 6) is 0.488. The SMILES string of the molecule is O=C(NC[C@H](O)c1ccc(-c2ccco2)cc1)c1cncc(Br)c1. The Bertz CT molecular complexity index is 817. The lowest BCUT2D eigenvalue weighted by molar-refractivity contribution is 0.0916. The Kier molecular flexibility index (Phi) is 5.08. The first-order valence-corrected chi connectivity index (χ1v) is 8.13. The molecule has 3 rings (SSSR count). The van der Waals surface area contributed by atoms with Gasteiger partial charge in [0.05, 0.1) is 17.9 Å². The van der Waals surface area contributed by atoms with Gasteiger partial charge in [-0.3, -0.25) is 9.78 Å². The predicted molar refractivity (Wildman–Crippen MR) is 93.4 cm³/mol. The normalized spacial score (nSPS) is 11.9. The van der Waals surface area contributed by atoms with Crippen LogP contribution in [0.4, 0.5) is 0 Å². The number of amides is 1. The van der Waals surface area contributed by atoms with E-state index in [-0.39, 0.29) is 12.5 Å². The van der Waals surface area contributed by atoms with Gasteiger partial charge >= 0.3 is 0 Å². The van der Waals surface area contributed by atoms with Crippen molar-refractivity contribution in [3.63, 3.8) is 0 Å². The first-order chi connectivity index (χ1) is 11.6. The van der Waals surface area contributed by atoms with Crippen LogP contribution in [-0.4, -0.2) is 22.5 Å². The fraction of sp³-hybridized carbons (Fsp3) is 0.111. The lowest BCUT2D eigenvalue weighted by Crippen LogP contribution is -2.28. The van der Waals surface area contributed by atoms with Gasteiger partial charge in [0.2, 0.25) is 0 Å². The van der Waals surface area contributed by atoms with Crippen LogP contribution in [0.25, 0.3) is 11.3 Å². The van der Waals surface area contributed by atoms with Crippen molar-refractivity contribution >= 4 is 21.8 Å². The molecule has 0 bridgehead atoms. The van der Waals surface area contributed by atoms with Crippen LogP contribution in [0.15, 0.2) is 70.0 Å². The maximum absolute atomic E-state index is 12.0. The van der Waals surface area contributed by atoms with Gasteiger partial charge < -0.3 is 14.8 Å². The molecule has 0 saturated carbocycles. The van der Waals surface area contributed by atoms with Crippen molar-refractivity contribution < 1.29 is 14.3 Å². The molecule has 1 aromatic carbocycles. The quantitative estimate of drug-likeness (QED) is 0.702. The molecule has 0 fully saturated rings. The lowest BCUT2D eigenvalue weighted by Gasteiger charge is -2.13. The van der Waals surface area contributed by atoms with E-state index in [0.717, 1.165) is 21.4 Å². The van der Waals surface area contributed by atoms with Gasteiger partial charge in [-0.2, -0.15) is 0 Å². The molecule has 0 saturated heterocycles. The summed E-state index contributed by atoms with van der Waals surface area (Å²) in [6.07, 6.45) is 3.90. The molecule has 5 nitrogen and oxygen atoms in total. The third kappa shape index (κ3) is 3.90. The summed E-state index contributed by atoms with van der Waals surface area (Å²) in [6, 6.07) is 12.7. The van der Waals surface area contributed by atoms with E-state index >= 15 is 0 Å². The van der Waals surface area contributed by atoms with Crippen LogP contribution in [0.5, 0.6) is 0 Å². The van der Waals surface area contributed by atoms with E-state index in [0.29, 0.717) is 5.56 Å². The molecule has 24 heavy (non-hydrogen) atoms. The maximum Gasteiger partial charge on any atom is 0.252 e. The Labute approximate surface area is 147 Å². The number of aliphatic hydroxyl groups excluding tert-OH is 1. The average Bonchev–Trinajstić information content (AvgIpc) is 3.14. The monoisotopic (exact) mass is 386 g/mol. The topological polar surface area (TPSA) is 75.4 Å². The van der Waals surface area contributed by atoms with Gasteiger partial charge in [0, 0.05) is 29.0 Å². The molecule has 0 aliphatic rings. The van der Waals surface area contributed by atoms with E-state index in [1.54, 1.807) is 18.5 Å². The molecule has 122 valence electrons. The number of benzene rings is 1. The van der Waals surface area contributed by atoms with E-state index in [1.807, 2.05) is 36.4 Å². The molecule has 6 heteroatoms. The molecule has 2 heterocycles. The fourth-order valence-corrected chi connectivity index (χ4v) is 2.62. The van der Waals surface area contributed by atoms with Gasteiger partial charge in [-0.05, 0) is 39.7 Å². The van der Waals surface area contributed by atoms with Crippen molar-refractivity contribution in [2.24, 2.45) is 0 Å². The number of furan rings is 1. The summed E-state index contributed by atoms with van der Waals surface area (Å²) < 4.78 is 6.05. The van der Waals surface area contributed by atoms with Crippen LogP contribution in [0.2, 0.25) is 0 Å². The number of carbonyl (C=O) groups is 1. The highest BCUT2D eigenvalue weighted by atomic mass is 79.9. The number of aliphatic hydroxyl groups is 1. The second-order valence-electron chi connectivity index (χ2n) is 5.22. The molecule has 0 radical (unpaired) electrons. The Morgan fingerprint density at radius 2 is 2.04 bits per heavy atom. The minimum Gasteiger partial charge on any atom is -0.464 e. The Hall–Kier alpha value is -2.44. The molecule has 2 aromatic heterocycles. The second-order valence-corrected chi connectivity index (χ2v) is 6.13. The summed E-state index contributed by atoms with van der Waals surface area (Å²) in [4.78, 5) is 16.0. The van der Waals surface area contributed by atoms with E-state index in [1.165, 1.54) is 6.20 Å². The molecule has 0 aliphatic carbocycles. The second kappa shape index (κ2) is 7.42. The number of halogens is 1. The number of hydrogen-bond donors (Lipinski definition) is 2. The third-order valence-corrected chi connectivity index (χ3v) is 3.96. The minimum absolute atomic E-state index is 0.117. The zero-order valence-electron chi connectivity index (χ0n) is 12.6. The number of carbonyl (C=O) groups excluding carboxylic acids is 1. The van der Waals surface area contributed by atoms with Gasteiger partial charge in [-0.15, -0.1) is 0 Å². The summed E-state index contributed by atoms with van der Waals surface area (Å²) >= 11 is 3.27. The molecule has 2 N–H and O–H groups in total. The highest BCUT2D eigenvalue weighted by Crippen LogP contribution is 2.22. The van der Waals surface area contributed by atoms with Crippen molar-refractivity contribution in [3.8, 4) is 11.3 Å². The van der Waals surface area contributed by atoms with Gasteiger partial charge in [-0.25, -0.2) is 0 Å². The number of nitrogens with one attached hydrogen (secondary N) is 1. The van der Waals surface area contributed by atoms with Gasteiger partial charge in [0.15, 0.2) is 0 Å². The highest BCUT2D eigenvalue weighted by molar-refractivity contribution is 9.10. The number of aromatic nitrogens is 1. The van der Waals surface area contributed by atoms with Crippen LogP contribution in [0, 0.1) is 0 Å². The highest BCUT2D eigenvalue weighted by Gasteiger charge is 2.12. The predicted octanol–water partition coefficient (Wildman–Crippen LogP) is 3.57. The Morgan fingerprint density at radius 1 is 1.25 bits per heavy atom. The van der Waals surface area contributed by atoms with Crippen LogP contribution in [0.1, 0.15) is 22.0 Å². The molecule has 1 amide bonds. The van der Waals surface area contributed by atoms with Crippen LogP contribution in [0.3, 0.4) is 0 Å². The molecule has 3 aromatic rings. The number of hydrogen-bond acceptors (Lipinski definition) is 4. The third-order valence-electron chi connectivity index (χ3n) is 3.52. The van der Waals surface area contributed by atoms with E-state index in [4.69, 9.17) is 4.42 Å². The van der Waals surface area contributed by atoms with E-state index in [9.17, 15) is 9.90 Å². The summed E-state index contributed by atoms with van der Waals surface area (Å²) in [7, 11) is 0. The average molecular weight is 387 g/mol. The summed E-state index contributed by atoms with van der Waals surface area (Å²) in [5, 5.41) is 12.9.